The predicted octanol–water partition coefficient (Wildman–Crippen LogP) is 0.658. The van der Waals surface area contributed by atoms with Crippen molar-refractivity contribution in [1.29, 1.82) is 0 Å². The van der Waals surface area contributed by atoms with Crippen LogP contribution in [0.2, 0.25) is 0 Å². The van der Waals surface area contributed by atoms with Gasteiger partial charge in [-0.1, -0.05) is 12.1 Å². The highest BCUT2D eigenvalue weighted by atomic mass is 16.5. The molecule has 2 N–H and O–H groups in total. The highest BCUT2D eigenvalue weighted by Gasteiger charge is 2.34. The minimum atomic E-state index is -0.626. The topological polar surface area (TPSA) is 58.6 Å². The Hall–Kier alpha value is -1.39. The van der Waals surface area contributed by atoms with E-state index < -0.39 is 5.60 Å². The Balaban J connectivity index is 2.16. The first-order valence-corrected chi connectivity index (χ1v) is 5.65. The van der Waals surface area contributed by atoms with Crippen LogP contribution >= 0.6 is 0 Å². The number of methoxy groups -OCH3 is 1. The normalized spacial score (nSPS) is 17.4. The van der Waals surface area contributed by atoms with Crippen LogP contribution in [0.25, 0.3) is 0 Å². The number of rotatable bonds is 3. The number of esters is 1. The maximum absolute atomic E-state index is 11.4. The Morgan fingerprint density at radius 2 is 2.24 bits per heavy atom. The molecule has 0 aromatic heterocycles. The largest absolute Gasteiger partial charge is 0.465 e. The van der Waals surface area contributed by atoms with E-state index in [0.717, 1.165) is 11.1 Å². The summed E-state index contributed by atoms with van der Waals surface area (Å²) in [5.74, 6) is -0.321. The van der Waals surface area contributed by atoms with E-state index in [1.807, 2.05) is 19.1 Å². The molecule has 1 aliphatic heterocycles. The third-order valence-electron chi connectivity index (χ3n) is 3.14. The SMILES string of the molecule is COC(=O)c1ccc(CC2(O)CNC2)cc1C. The fraction of sp³-hybridized carbons (Fsp3) is 0.462. The van der Waals surface area contributed by atoms with Crippen molar-refractivity contribution in [2.24, 2.45) is 0 Å². The molecule has 0 atom stereocenters. The van der Waals surface area contributed by atoms with Crippen LogP contribution in [0.5, 0.6) is 0 Å². The van der Waals surface area contributed by atoms with Crippen LogP contribution in [0.3, 0.4) is 0 Å². The molecule has 1 aromatic rings. The lowest BCUT2D eigenvalue weighted by atomic mass is 9.88. The summed E-state index contributed by atoms with van der Waals surface area (Å²) in [5, 5.41) is 13.1. The minimum absolute atomic E-state index is 0.321. The number of aryl methyl sites for hydroxylation is 1. The quantitative estimate of drug-likeness (QED) is 0.756. The van der Waals surface area contributed by atoms with E-state index in [2.05, 4.69) is 5.32 Å². The summed E-state index contributed by atoms with van der Waals surface area (Å²) < 4.78 is 4.69. The lowest BCUT2D eigenvalue weighted by Gasteiger charge is -2.37. The zero-order valence-electron chi connectivity index (χ0n) is 10.1. The summed E-state index contributed by atoms with van der Waals surface area (Å²) in [6.45, 7) is 3.13. The molecule has 17 heavy (non-hydrogen) atoms. The van der Waals surface area contributed by atoms with E-state index in [4.69, 9.17) is 4.74 Å². The first-order valence-electron chi connectivity index (χ1n) is 5.65. The standard InChI is InChI=1S/C13H17NO3/c1-9-5-10(6-13(16)7-14-8-13)3-4-11(9)12(15)17-2/h3-5,14,16H,6-8H2,1-2H3. The summed E-state index contributed by atoms with van der Waals surface area (Å²) in [6, 6.07) is 5.56. The highest BCUT2D eigenvalue weighted by Crippen LogP contribution is 2.20. The van der Waals surface area contributed by atoms with Gasteiger partial charge in [-0.15, -0.1) is 0 Å². The van der Waals surface area contributed by atoms with Crippen molar-refractivity contribution in [2.45, 2.75) is 18.9 Å². The van der Waals surface area contributed by atoms with Crippen LogP contribution in [0, 0.1) is 6.92 Å². The van der Waals surface area contributed by atoms with Gasteiger partial charge in [-0.2, -0.15) is 0 Å². The number of β-amino-alcohol motifs (C(OH)–C–C–N with tert-alkyl or cyclic N) is 1. The molecule has 1 heterocycles. The van der Waals surface area contributed by atoms with Crippen molar-refractivity contribution >= 4 is 5.97 Å². The number of carbonyl (C=O) groups is 1. The Bertz CT molecular complexity index is 438. The van der Waals surface area contributed by atoms with Gasteiger partial charge < -0.3 is 15.2 Å². The molecule has 1 aliphatic rings. The van der Waals surface area contributed by atoms with Gasteiger partial charge in [-0.05, 0) is 24.1 Å². The van der Waals surface area contributed by atoms with Crippen LogP contribution < -0.4 is 5.32 Å². The summed E-state index contributed by atoms with van der Waals surface area (Å²) in [4.78, 5) is 11.4. The minimum Gasteiger partial charge on any atom is -0.465 e. The lowest BCUT2D eigenvalue weighted by Crippen LogP contribution is -2.60. The second kappa shape index (κ2) is 4.47. The third kappa shape index (κ3) is 2.48. The molecule has 1 aromatic carbocycles. The third-order valence-corrected chi connectivity index (χ3v) is 3.14. The Kier molecular flexibility index (Phi) is 3.17. The van der Waals surface area contributed by atoms with Crippen LogP contribution in [0.15, 0.2) is 18.2 Å². The Labute approximate surface area is 101 Å². The van der Waals surface area contributed by atoms with Crippen LogP contribution in [0.4, 0.5) is 0 Å². The van der Waals surface area contributed by atoms with Crippen molar-refractivity contribution in [2.75, 3.05) is 20.2 Å². The fourth-order valence-electron chi connectivity index (χ4n) is 2.09. The van der Waals surface area contributed by atoms with Crippen LogP contribution in [0.1, 0.15) is 21.5 Å². The average molecular weight is 235 g/mol. The van der Waals surface area contributed by atoms with Gasteiger partial charge in [-0.3, -0.25) is 0 Å². The predicted molar refractivity (Wildman–Crippen MR) is 64.0 cm³/mol. The highest BCUT2D eigenvalue weighted by molar-refractivity contribution is 5.90. The summed E-state index contributed by atoms with van der Waals surface area (Å²) in [7, 11) is 1.37. The molecule has 4 nitrogen and oxygen atoms in total. The van der Waals surface area contributed by atoms with Crippen LogP contribution in [-0.2, 0) is 11.2 Å². The number of nitrogens with one attached hydrogen (secondary N) is 1. The number of ether oxygens (including phenoxy) is 1. The van der Waals surface area contributed by atoms with Gasteiger partial charge in [-0.25, -0.2) is 4.79 Å². The monoisotopic (exact) mass is 235 g/mol. The summed E-state index contributed by atoms with van der Waals surface area (Å²) >= 11 is 0. The second-order valence-electron chi connectivity index (χ2n) is 4.65. The molecule has 0 amide bonds. The van der Waals surface area contributed by atoms with Crippen molar-refractivity contribution in [3.8, 4) is 0 Å². The van der Waals surface area contributed by atoms with E-state index in [-0.39, 0.29) is 5.97 Å². The van der Waals surface area contributed by atoms with Crippen molar-refractivity contribution < 1.29 is 14.6 Å². The molecule has 0 saturated carbocycles. The van der Waals surface area contributed by atoms with E-state index in [1.165, 1.54) is 7.11 Å². The Morgan fingerprint density at radius 1 is 1.53 bits per heavy atom. The van der Waals surface area contributed by atoms with Gasteiger partial charge in [0.2, 0.25) is 0 Å². The second-order valence-corrected chi connectivity index (χ2v) is 4.65. The number of carbonyl (C=O) groups excluding carboxylic acids is 1. The van der Waals surface area contributed by atoms with Gasteiger partial charge >= 0.3 is 5.97 Å². The van der Waals surface area contributed by atoms with Crippen LogP contribution in [-0.4, -0.2) is 36.9 Å². The number of benzene rings is 1. The Morgan fingerprint density at radius 3 is 2.71 bits per heavy atom. The van der Waals surface area contributed by atoms with Gasteiger partial charge in [0.1, 0.15) is 0 Å². The first kappa shape index (κ1) is 12.1. The smallest absolute Gasteiger partial charge is 0.338 e. The van der Waals surface area contributed by atoms with E-state index in [1.54, 1.807) is 6.07 Å². The molecule has 92 valence electrons. The van der Waals surface area contributed by atoms with E-state index in [0.29, 0.717) is 25.1 Å². The molecular weight excluding hydrogens is 218 g/mol. The molecule has 2 rings (SSSR count). The molecule has 0 aliphatic carbocycles. The van der Waals surface area contributed by atoms with Gasteiger partial charge in [0.05, 0.1) is 18.3 Å². The van der Waals surface area contributed by atoms with E-state index >= 15 is 0 Å². The molecule has 1 fully saturated rings. The maximum Gasteiger partial charge on any atom is 0.338 e. The van der Waals surface area contributed by atoms with Gasteiger partial charge in [0.15, 0.2) is 0 Å². The lowest BCUT2D eigenvalue weighted by molar-refractivity contribution is -0.00902. The molecule has 1 saturated heterocycles. The number of hydrogen-bond donors (Lipinski definition) is 2. The molecule has 4 heteroatoms. The molecule has 0 unspecified atom stereocenters. The van der Waals surface area contributed by atoms with Crippen molar-refractivity contribution in [1.82, 2.24) is 5.32 Å². The molecule has 0 bridgehead atoms. The number of hydrogen-bond acceptors (Lipinski definition) is 4. The van der Waals surface area contributed by atoms with Gasteiger partial charge in [0, 0.05) is 19.5 Å². The fourth-order valence-corrected chi connectivity index (χ4v) is 2.09. The molecular formula is C13H17NO3. The molecule has 0 radical (unpaired) electrons. The molecule has 0 spiro atoms. The summed E-state index contributed by atoms with van der Waals surface area (Å²) in [5.41, 5.74) is 1.87. The van der Waals surface area contributed by atoms with Crippen molar-refractivity contribution in [3.63, 3.8) is 0 Å². The number of aliphatic hydroxyl groups is 1. The van der Waals surface area contributed by atoms with Gasteiger partial charge in [0.25, 0.3) is 0 Å². The van der Waals surface area contributed by atoms with E-state index in [9.17, 15) is 9.90 Å². The summed E-state index contributed by atoms with van der Waals surface area (Å²) in [6.07, 6.45) is 0.613. The van der Waals surface area contributed by atoms with Crippen molar-refractivity contribution in [3.05, 3.63) is 34.9 Å². The zero-order chi connectivity index (χ0) is 12.5. The first-order chi connectivity index (χ1) is 8.04. The maximum atomic E-state index is 11.4. The average Bonchev–Trinajstić information content (AvgIpc) is 2.26. The zero-order valence-corrected chi connectivity index (χ0v) is 10.1.